The molecular weight excluding hydrogens is 244 g/mol. The number of nitrogens with zero attached hydrogens (tertiary/aromatic N) is 1. The van der Waals surface area contributed by atoms with Gasteiger partial charge in [0, 0.05) is 20.3 Å². The van der Waals surface area contributed by atoms with Crippen LogP contribution in [0.2, 0.25) is 0 Å². The quantitative estimate of drug-likeness (QED) is 0.796. The maximum Gasteiger partial charge on any atom is 0.247 e. The number of hydrogen-bond donors (Lipinski definition) is 1. The molecular formula is C14H18N2O3. The van der Waals surface area contributed by atoms with Gasteiger partial charge in [-0.1, -0.05) is 30.3 Å². The maximum absolute atomic E-state index is 12.0. The summed E-state index contributed by atoms with van der Waals surface area (Å²) in [5, 5.41) is 2.64. The fraction of sp³-hybridized carbons (Fsp3) is 0.429. The molecule has 2 amide bonds. The summed E-state index contributed by atoms with van der Waals surface area (Å²) >= 11 is 0. The van der Waals surface area contributed by atoms with Crippen LogP contribution < -0.4 is 5.32 Å². The molecule has 1 aromatic carbocycles. The summed E-state index contributed by atoms with van der Waals surface area (Å²) in [6.07, 6.45) is 0.721. The number of rotatable bonds is 5. The largest absolute Gasteiger partial charge is 0.385 e. The number of ether oxygens (including phenoxy) is 1. The van der Waals surface area contributed by atoms with Crippen molar-refractivity contribution < 1.29 is 14.3 Å². The lowest BCUT2D eigenvalue weighted by Gasteiger charge is -2.35. The van der Waals surface area contributed by atoms with Gasteiger partial charge < -0.3 is 15.0 Å². The number of hydrogen-bond acceptors (Lipinski definition) is 3. The summed E-state index contributed by atoms with van der Waals surface area (Å²) in [5.74, 6) is -0.173. The Morgan fingerprint density at radius 1 is 1.32 bits per heavy atom. The summed E-state index contributed by atoms with van der Waals surface area (Å²) in [5.41, 5.74) is 0.838. The number of methoxy groups -OCH3 is 1. The summed E-state index contributed by atoms with van der Waals surface area (Å²) in [7, 11) is 1.62. The van der Waals surface area contributed by atoms with E-state index in [1.807, 2.05) is 30.3 Å². The van der Waals surface area contributed by atoms with E-state index in [-0.39, 0.29) is 18.4 Å². The minimum Gasteiger partial charge on any atom is -0.385 e. The minimum absolute atomic E-state index is 0.0513. The lowest BCUT2D eigenvalue weighted by molar-refractivity contribution is -0.146. The zero-order valence-corrected chi connectivity index (χ0v) is 11.0. The normalized spacial score (nSPS) is 19.4. The van der Waals surface area contributed by atoms with Crippen LogP contribution in [0, 0.1) is 0 Å². The van der Waals surface area contributed by atoms with Crippen LogP contribution >= 0.6 is 0 Å². The second kappa shape index (κ2) is 6.33. The van der Waals surface area contributed by atoms with Crippen LogP contribution in [0.1, 0.15) is 18.0 Å². The van der Waals surface area contributed by atoms with Crippen molar-refractivity contribution in [2.24, 2.45) is 0 Å². The molecule has 1 unspecified atom stereocenters. The third-order valence-corrected chi connectivity index (χ3v) is 3.16. The molecule has 0 aromatic heterocycles. The lowest BCUT2D eigenvalue weighted by atomic mass is 10.0. The third kappa shape index (κ3) is 3.12. The predicted molar refractivity (Wildman–Crippen MR) is 70.4 cm³/mol. The van der Waals surface area contributed by atoms with Gasteiger partial charge in [0.05, 0.1) is 6.54 Å². The van der Waals surface area contributed by atoms with Crippen LogP contribution in [0.25, 0.3) is 0 Å². The van der Waals surface area contributed by atoms with Crippen LogP contribution in [0.4, 0.5) is 0 Å². The van der Waals surface area contributed by atoms with Gasteiger partial charge in [0.15, 0.2) is 0 Å². The molecule has 0 spiro atoms. The molecule has 0 saturated carbocycles. The molecule has 2 rings (SSSR count). The Morgan fingerprint density at radius 2 is 2.05 bits per heavy atom. The molecule has 1 aliphatic rings. The van der Waals surface area contributed by atoms with Gasteiger partial charge in [0.2, 0.25) is 11.8 Å². The van der Waals surface area contributed by atoms with Crippen molar-refractivity contribution in [2.45, 2.75) is 12.5 Å². The van der Waals surface area contributed by atoms with Gasteiger partial charge in [-0.05, 0) is 12.0 Å². The number of amides is 2. The fourth-order valence-corrected chi connectivity index (χ4v) is 2.25. The van der Waals surface area contributed by atoms with E-state index >= 15 is 0 Å². The van der Waals surface area contributed by atoms with Gasteiger partial charge in [-0.2, -0.15) is 0 Å². The number of carbonyl (C=O) groups excluding carboxylic acids is 2. The molecule has 1 aliphatic heterocycles. The number of nitrogens with one attached hydrogen (secondary N) is 1. The maximum atomic E-state index is 12.0. The van der Waals surface area contributed by atoms with Crippen LogP contribution in [-0.4, -0.2) is 43.5 Å². The molecule has 102 valence electrons. The van der Waals surface area contributed by atoms with Gasteiger partial charge in [-0.25, -0.2) is 0 Å². The molecule has 0 radical (unpaired) electrons. The van der Waals surface area contributed by atoms with Crippen molar-refractivity contribution in [1.29, 1.82) is 0 Å². The molecule has 0 aliphatic carbocycles. The van der Waals surface area contributed by atoms with Crippen molar-refractivity contribution in [3.05, 3.63) is 35.9 Å². The summed E-state index contributed by atoms with van der Waals surface area (Å²) in [6.45, 7) is 1.18. The van der Waals surface area contributed by atoms with E-state index < -0.39 is 6.04 Å². The van der Waals surface area contributed by atoms with Gasteiger partial charge >= 0.3 is 0 Å². The highest BCUT2D eigenvalue weighted by atomic mass is 16.5. The highest BCUT2D eigenvalue weighted by molar-refractivity contribution is 5.95. The number of carbonyl (C=O) groups is 2. The zero-order chi connectivity index (χ0) is 13.7. The first-order chi connectivity index (χ1) is 9.24. The molecule has 1 N–H and O–H groups in total. The van der Waals surface area contributed by atoms with Gasteiger partial charge in [0.1, 0.15) is 6.04 Å². The Labute approximate surface area is 112 Å². The molecule has 1 fully saturated rings. The first-order valence-corrected chi connectivity index (χ1v) is 6.35. The monoisotopic (exact) mass is 262 g/mol. The van der Waals surface area contributed by atoms with E-state index in [0.29, 0.717) is 13.2 Å². The minimum atomic E-state index is -0.528. The Kier molecular flexibility index (Phi) is 4.52. The van der Waals surface area contributed by atoms with Crippen molar-refractivity contribution in [3.8, 4) is 0 Å². The molecule has 1 saturated heterocycles. The average Bonchev–Trinajstić information content (AvgIpc) is 2.44. The standard InChI is InChI=1S/C14H18N2O3/c1-19-9-5-8-16-12(17)10-15-14(18)13(16)11-6-3-2-4-7-11/h2-4,6-7,13H,5,8-10H2,1H3,(H,15,18). The summed E-state index contributed by atoms with van der Waals surface area (Å²) in [6, 6.07) is 8.84. The van der Waals surface area contributed by atoms with Crippen LogP contribution in [0.5, 0.6) is 0 Å². The van der Waals surface area contributed by atoms with Crippen molar-refractivity contribution in [2.75, 3.05) is 26.8 Å². The molecule has 5 nitrogen and oxygen atoms in total. The molecule has 19 heavy (non-hydrogen) atoms. The average molecular weight is 262 g/mol. The van der Waals surface area contributed by atoms with E-state index in [1.165, 1.54) is 0 Å². The SMILES string of the molecule is COCCCN1C(=O)CNC(=O)C1c1ccccc1. The Bertz CT molecular complexity index is 447. The highest BCUT2D eigenvalue weighted by Crippen LogP contribution is 2.23. The van der Waals surface area contributed by atoms with Gasteiger partial charge in [-0.3, -0.25) is 9.59 Å². The zero-order valence-electron chi connectivity index (χ0n) is 11.0. The summed E-state index contributed by atoms with van der Waals surface area (Å²) in [4.78, 5) is 25.7. The van der Waals surface area contributed by atoms with E-state index in [0.717, 1.165) is 12.0 Å². The second-order valence-electron chi connectivity index (χ2n) is 4.46. The predicted octanol–water partition coefficient (Wildman–Crippen LogP) is 0.723. The Balaban J connectivity index is 2.18. The molecule has 1 atom stereocenters. The second-order valence-corrected chi connectivity index (χ2v) is 4.46. The lowest BCUT2D eigenvalue weighted by Crippen LogP contribution is -2.53. The number of piperazine rings is 1. The molecule has 5 heteroatoms. The number of benzene rings is 1. The van der Waals surface area contributed by atoms with Crippen molar-refractivity contribution >= 4 is 11.8 Å². The fourth-order valence-electron chi connectivity index (χ4n) is 2.25. The Hall–Kier alpha value is -1.88. The van der Waals surface area contributed by atoms with Crippen LogP contribution in [-0.2, 0) is 14.3 Å². The van der Waals surface area contributed by atoms with Crippen molar-refractivity contribution in [3.63, 3.8) is 0 Å². The van der Waals surface area contributed by atoms with Crippen molar-refractivity contribution in [1.82, 2.24) is 10.2 Å². The first kappa shape index (κ1) is 13.5. The molecule has 1 heterocycles. The third-order valence-electron chi connectivity index (χ3n) is 3.16. The summed E-state index contributed by atoms with van der Waals surface area (Å²) < 4.78 is 5.00. The van der Waals surface area contributed by atoms with Gasteiger partial charge in [-0.15, -0.1) is 0 Å². The topological polar surface area (TPSA) is 58.6 Å². The van der Waals surface area contributed by atoms with Crippen LogP contribution in [0.15, 0.2) is 30.3 Å². The van der Waals surface area contributed by atoms with Gasteiger partial charge in [0.25, 0.3) is 0 Å². The van der Waals surface area contributed by atoms with E-state index in [9.17, 15) is 9.59 Å². The highest BCUT2D eigenvalue weighted by Gasteiger charge is 2.34. The Morgan fingerprint density at radius 3 is 2.74 bits per heavy atom. The first-order valence-electron chi connectivity index (χ1n) is 6.35. The van der Waals surface area contributed by atoms with E-state index in [1.54, 1.807) is 12.0 Å². The smallest absolute Gasteiger partial charge is 0.247 e. The van der Waals surface area contributed by atoms with E-state index in [4.69, 9.17) is 4.74 Å². The van der Waals surface area contributed by atoms with E-state index in [2.05, 4.69) is 5.32 Å². The molecule has 1 aromatic rings. The molecule has 0 bridgehead atoms. The van der Waals surface area contributed by atoms with Crippen LogP contribution in [0.3, 0.4) is 0 Å².